The highest BCUT2D eigenvalue weighted by Gasteiger charge is 2.18. The van der Waals surface area contributed by atoms with Crippen molar-refractivity contribution in [2.45, 2.75) is 32.9 Å². The molecular formula is C24H28N4OS. The van der Waals surface area contributed by atoms with Crippen LogP contribution in [0.4, 0.5) is 0 Å². The number of aromatic amines is 1. The van der Waals surface area contributed by atoms with Crippen LogP contribution in [0.25, 0.3) is 27.6 Å². The van der Waals surface area contributed by atoms with Crippen molar-refractivity contribution >= 4 is 33.7 Å². The molecule has 5 nitrogen and oxygen atoms in total. The molecule has 0 saturated carbocycles. The van der Waals surface area contributed by atoms with Gasteiger partial charge in [0, 0.05) is 23.2 Å². The summed E-state index contributed by atoms with van der Waals surface area (Å²) < 4.78 is 1.78. The zero-order chi connectivity index (χ0) is 21.3. The number of hydrogen-bond acceptors (Lipinski definition) is 4. The highest BCUT2D eigenvalue weighted by atomic mass is 32.2. The van der Waals surface area contributed by atoms with Crippen molar-refractivity contribution in [3.05, 3.63) is 63.9 Å². The Kier molecular flexibility index (Phi) is 5.97. The summed E-state index contributed by atoms with van der Waals surface area (Å²) in [6, 6.07) is 14.1. The lowest BCUT2D eigenvalue weighted by Crippen LogP contribution is -2.26. The predicted molar refractivity (Wildman–Crippen MR) is 127 cm³/mol. The largest absolute Gasteiger partial charge is 0.349 e. The van der Waals surface area contributed by atoms with Gasteiger partial charge in [-0.15, -0.1) is 0 Å². The van der Waals surface area contributed by atoms with E-state index in [9.17, 15) is 4.79 Å². The van der Waals surface area contributed by atoms with Crippen LogP contribution < -0.4 is 5.56 Å². The average Bonchev–Trinajstić information content (AvgIpc) is 3.13. The topological polar surface area (TPSA) is 53.9 Å². The van der Waals surface area contributed by atoms with E-state index in [1.807, 2.05) is 36.4 Å². The Bertz CT molecular complexity index is 1250. The molecule has 0 bridgehead atoms. The summed E-state index contributed by atoms with van der Waals surface area (Å²) in [6.45, 7) is 11.5. The minimum atomic E-state index is -0.0461. The molecule has 0 aliphatic rings. The number of thioether (sulfide) groups is 1. The van der Waals surface area contributed by atoms with Crippen molar-refractivity contribution in [3.8, 4) is 5.69 Å². The standard InChI is InChI=1S/C24H28N4OS/c1-5-27(6-2)14-15-30-24-26-21-18-11-7-8-12-19(18)25-22(21)23(29)28(24)20-13-9-10-16(3)17(20)4/h7-13,25H,5-6,14-15H2,1-4H3. The molecule has 0 aliphatic heterocycles. The monoisotopic (exact) mass is 420 g/mol. The lowest BCUT2D eigenvalue weighted by Gasteiger charge is -2.19. The molecule has 4 aromatic rings. The highest BCUT2D eigenvalue weighted by molar-refractivity contribution is 7.99. The number of aromatic nitrogens is 3. The number of para-hydroxylation sites is 1. The van der Waals surface area contributed by atoms with Crippen LogP contribution in [0.5, 0.6) is 0 Å². The molecule has 0 aliphatic carbocycles. The maximum absolute atomic E-state index is 13.7. The molecule has 0 unspecified atom stereocenters. The second-order valence-electron chi connectivity index (χ2n) is 7.52. The van der Waals surface area contributed by atoms with Crippen molar-refractivity contribution in [2.24, 2.45) is 0 Å². The van der Waals surface area contributed by atoms with Crippen LogP contribution in [0, 0.1) is 13.8 Å². The molecule has 0 amide bonds. The normalized spacial score (nSPS) is 11.8. The van der Waals surface area contributed by atoms with E-state index in [2.05, 4.69) is 43.6 Å². The average molecular weight is 421 g/mol. The van der Waals surface area contributed by atoms with Crippen LogP contribution in [0.2, 0.25) is 0 Å². The van der Waals surface area contributed by atoms with Gasteiger partial charge in [-0.25, -0.2) is 4.98 Å². The Labute approximate surface area is 181 Å². The van der Waals surface area contributed by atoms with Gasteiger partial charge in [0.15, 0.2) is 5.16 Å². The first-order chi connectivity index (χ1) is 14.5. The first kappa shape index (κ1) is 20.7. The van der Waals surface area contributed by atoms with E-state index in [0.717, 1.165) is 63.8 Å². The molecule has 4 rings (SSSR count). The zero-order valence-electron chi connectivity index (χ0n) is 18.0. The van der Waals surface area contributed by atoms with Gasteiger partial charge in [0.1, 0.15) is 11.0 Å². The molecule has 2 aromatic carbocycles. The fourth-order valence-electron chi connectivity index (χ4n) is 3.84. The van der Waals surface area contributed by atoms with Crippen molar-refractivity contribution in [2.75, 3.05) is 25.4 Å². The summed E-state index contributed by atoms with van der Waals surface area (Å²) in [4.78, 5) is 24.3. The summed E-state index contributed by atoms with van der Waals surface area (Å²) in [5, 5.41) is 1.74. The van der Waals surface area contributed by atoms with Gasteiger partial charge in [-0.2, -0.15) is 0 Å². The maximum atomic E-state index is 13.7. The Hall–Kier alpha value is -2.57. The predicted octanol–water partition coefficient (Wildman–Crippen LogP) is 4.92. The molecule has 6 heteroatoms. The van der Waals surface area contributed by atoms with Gasteiger partial charge in [-0.1, -0.05) is 55.9 Å². The van der Waals surface area contributed by atoms with Gasteiger partial charge in [0.25, 0.3) is 5.56 Å². The lowest BCUT2D eigenvalue weighted by molar-refractivity contribution is 0.324. The number of rotatable bonds is 7. The molecule has 2 heterocycles. The van der Waals surface area contributed by atoms with E-state index in [1.54, 1.807) is 16.3 Å². The van der Waals surface area contributed by atoms with E-state index in [0.29, 0.717) is 5.52 Å². The number of aryl methyl sites for hydroxylation is 1. The molecule has 0 spiro atoms. The summed E-state index contributed by atoms with van der Waals surface area (Å²) >= 11 is 1.65. The number of fused-ring (bicyclic) bond motifs is 3. The van der Waals surface area contributed by atoms with Crippen LogP contribution in [0.3, 0.4) is 0 Å². The molecule has 30 heavy (non-hydrogen) atoms. The van der Waals surface area contributed by atoms with E-state index in [4.69, 9.17) is 4.98 Å². The number of nitrogens with zero attached hydrogens (tertiary/aromatic N) is 3. The molecule has 0 atom stereocenters. The Morgan fingerprint density at radius 2 is 1.83 bits per heavy atom. The third-order valence-electron chi connectivity index (χ3n) is 5.84. The minimum Gasteiger partial charge on any atom is -0.349 e. The van der Waals surface area contributed by atoms with Crippen LogP contribution in [0.15, 0.2) is 52.4 Å². The van der Waals surface area contributed by atoms with Gasteiger partial charge in [-0.05, 0) is 50.2 Å². The maximum Gasteiger partial charge on any atom is 0.283 e. The van der Waals surface area contributed by atoms with Crippen LogP contribution in [-0.2, 0) is 0 Å². The quantitative estimate of drug-likeness (QED) is 0.341. The molecule has 156 valence electrons. The van der Waals surface area contributed by atoms with Crippen molar-refractivity contribution in [1.82, 2.24) is 19.4 Å². The lowest BCUT2D eigenvalue weighted by atomic mass is 10.1. The summed E-state index contributed by atoms with van der Waals surface area (Å²) in [5.74, 6) is 0.882. The molecule has 2 aromatic heterocycles. The molecule has 1 N–H and O–H groups in total. The minimum absolute atomic E-state index is 0.0461. The first-order valence-corrected chi connectivity index (χ1v) is 11.5. The number of nitrogens with one attached hydrogen (secondary N) is 1. The van der Waals surface area contributed by atoms with Crippen molar-refractivity contribution in [1.29, 1.82) is 0 Å². The van der Waals surface area contributed by atoms with Crippen molar-refractivity contribution in [3.63, 3.8) is 0 Å². The fourth-order valence-corrected chi connectivity index (χ4v) is 4.83. The van der Waals surface area contributed by atoms with Gasteiger partial charge >= 0.3 is 0 Å². The second-order valence-corrected chi connectivity index (χ2v) is 8.59. The molecule has 0 saturated heterocycles. The Balaban J connectivity index is 1.90. The number of benzene rings is 2. The first-order valence-electron chi connectivity index (χ1n) is 10.5. The van der Waals surface area contributed by atoms with Crippen molar-refractivity contribution < 1.29 is 0 Å². The Morgan fingerprint density at radius 1 is 1.07 bits per heavy atom. The van der Waals surface area contributed by atoms with E-state index >= 15 is 0 Å². The van der Waals surface area contributed by atoms with E-state index in [-0.39, 0.29) is 5.56 Å². The van der Waals surface area contributed by atoms with E-state index in [1.165, 1.54) is 0 Å². The molecule has 0 radical (unpaired) electrons. The van der Waals surface area contributed by atoms with Gasteiger partial charge in [-0.3, -0.25) is 9.36 Å². The number of hydrogen-bond donors (Lipinski definition) is 1. The number of H-pyrrole nitrogens is 1. The Morgan fingerprint density at radius 3 is 2.60 bits per heavy atom. The summed E-state index contributed by atoms with van der Waals surface area (Å²) in [6.07, 6.45) is 0. The smallest absolute Gasteiger partial charge is 0.283 e. The molecular weight excluding hydrogens is 392 g/mol. The fraction of sp³-hybridized carbons (Fsp3) is 0.333. The highest BCUT2D eigenvalue weighted by Crippen LogP contribution is 2.27. The van der Waals surface area contributed by atoms with Crippen LogP contribution in [0.1, 0.15) is 25.0 Å². The van der Waals surface area contributed by atoms with Gasteiger partial charge in [0.05, 0.1) is 5.69 Å². The third kappa shape index (κ3) is 3.66. The van der Waals surface area contributed by atoms with E-state index < -0.39 is 0 Å². The molecule has 0 fully saturated rings. The summed E-state index contributed by atoms with van der Waals surface area (Å²) in [5.41, 5.74) is 5.37. The van der Waals surface area contributed by atoms with Crippen LogP contribution in [-0.4, -0.2) is 44.8 Å². The van der Waals surface area contributed by atoms with Gasteiger partial charge < -0.3 is 9.88 Å². The summed E-state index contributed by atoms with van der Waals surface area (Å²) in [7, 11) is 0. The third-order valence-corrected chi connectivity index (χ3v) is 6.76. The van der Waals surface area contributed by atoms with Crippen LogP contribution >= 0.6 is 11.8 Å². The second kappa shape index (κ2) is 8.66. The zero-order valence-corrected chi connectivity index (χ0v) is 18.8. The SMILES string of the molecule is CCN(CC)CCSc1nc2c([nH]c3ccccc32)c(=O)n1-c1cccc(C)c1C. The van der Waals surface area contributed by atoms with Gasteiger partial charge in [0.2, 0.25) is 0 Å².